The molecule has 0 aliphatic heterocycles. The fraction of sp³-hybridized carbons (Fsp3) is 0.533. The number of carbonyl (C=O) groups excluding carboxylic acids is 1. The van der Waals surface area contributed by atoms with E-state index in [1.807, 2.05) is 12.1 Å². The smallest absolute Gasteiger partial charge is 0.257 e. The van der Waals surface area contributed by atoms with E-state index >= 15 is 0 Å². The zero-order chi connectivity index (χ0) is 14.7. The third-order valence-corrected chi connectivity index (χ3v) is 4.97. The first-order chi connectivity index (χ1) is 10.2. The molecule has 21 heavy (non-hydrogen) atoms. The molecule has 112 valence electrons. The van der Waals surface area contributed by atoms with E-state index < -0.39 is 5.60 Å². The summed E-state index contributed by atoms with van der Waals surface area (Å²) in [6, 6.07) is 3.78. The number of rotatable bonds is 3. The van der Waals surface area contributed by atoms with Gasteiger partial charge < -0.3 is 10.1 Å². The van der Waals surface area contributed by atoms with Gasteiger partial charge in [0.25, 0.3) is 5.91 Å². The summed E-state index contributed by atoms with van der Waals surface area (Å²) in [5.41, 5.74) is -0.0280. The Morgan fingerprint density at radius 2 is 2.10 bits per heavy atom. The van der Waals surface area contributed by atoms with E-state index in [4.69, 9.17) is 4.74 Å². The molecule has 1 fully saturated rings. The lowest BCUT2D eigenvalue weighted by Gasteiger charge is -2.29. The normalized spacial score (nSPS) is 18.3. The highest BCUT2D eigenvalue weighted by atomic mass is 32.1. The van der Waals surface area contributed by atoms with Crippen LogP contribution < -0.4 is 5.32 Å². The van der Waals surface area contributed by atoms with Crippen LogP contribution in [0.5, 0.6) is 0 Å². The van der Waals surface area contributed by atoms with E-state index in [0.29, 0.717) is 5.65 Å². The minimum atomic E-state index is -0.699. The topological polar surface area (TPSA) is 64.1 Å². The summed E-state index contributed by atoms with van der Waals surface area (Å²) in [5, 5.41) is 4.64. The van der Waals surface area contributed by atoms with Crippen molar-refractivity contribution in [3.05, 3.63) is 18.3 Å². The van der Waals surface area contributed by atoms with Crippen LogP contribution in [0.2, 0.25) is 0 Å². The third-order valence-electron chi connectivity index (χ3n) is 4.20. The van der Waals surface area contributed by atoms with Gasteiger partial charge in [0.1, 0.15) is 10.6 Å². The van der Waals surface area contributed by atoms with Crippen molar-refractivity contribution in [2.75, 3.05) is 12.4 Å². The summed E-state index contributed by atoms with van der Waals surface area (Å²) >= 11 is 1.27. The van der Waals surface area contributed by atoms with Gasteiger partial charge in [-0.15, -0.1) is 0 Å². The minimum Gasteiger partial charge on any atom is -0.368 e. The Balaban J connectivity index is 1.84. The van der Waals surface area contributed by atoms with E-state index in [0.717, 1.165) is 36.1 Å². The maximum absolute atomic E-state index is 12.7. The van der Waals surface area contributed by atoms with Crippen molar-refractivity contribution in [3.63, 3.8) is 0 Å². The second-order valence-electron chi connectivity index (χ2n) is 5.45. The number of aromatic nitrogens is 2. The van der Waals surface area contributed by atoms with Crippen LogP contribution in [-0.4, -0.2) is 28.0 Å². The predicted octanol–water partition coefficient (Wildman–Crippen LogP) is 3.37. The molecule has 2 aromatic heterocycles. The van der Waals surface area contributed by atoms with Gasteiger partial charge >= 0.3 is 0 Å². The van der Waals surface area contributed by atoms with Crippen LogP contribution in [0.25, 0.3) is 11.0 Å². The monoisotopic (exact) mass is 305 g/mol. The molecule has 1 aliphatic carbocycles. The van der Waals surface area contributed by atoms with Crippen molar-refractivity contribution >= 4 is 33.5 Å². The van der Waals surface area contributed by atoms with Crippen LogP contribution in [0.1, 0.15) is 38.5 Å². The van der Waals surface area contributed by atoms with Crippen LogP contribution in [0.3, 0.4) is 0 Å². The van der Waals surface area contributed by atoms with Gasteiger partial charge in [-0.1, -0.05) is 25.7 Å². The molecule has 2 heterocycles. The Hall–Kier alpha value is -1.53. The van der Waals surface area contributed by atoms with Crippen LogP contribution in [-0.2, 0) is 9.53 Å². The van der Waals surface area contributed by atoms with E-state index in [-0.39, 0.29) is 5.91 Å². The van der Waals surface area contributed by atoms with E-state index in [9.17, 15) is 4.79 Å². The van der Waals surface area contributed by atoms with Crippen LogP contribution in [0, 0.1) is 0 Å². The molecule has 6 heteroatoms. The number of nitrogens with one attached hydrogen (secondary N) is 1. The van der Waals surface area contributed by atoms with Crippen molar-refractivity contribution in [2.24, 2.45) is 0 Å². The summed E-state index contributed by atoms with van der Waals surface area (Å²) in [5.74, 6) is -0.0543. The number of carbonyl (C=O) groups is 1. The minimum absolute atomic E-state index is 0.0543. The molecule has 0 bridgehead atoms. The van der Waals surface area contributed by atoms with Gasteiger partial charge in [-0.25, -0.2) is 4.98 Å². The Bertz CT molecular complexity index is 633. The summed E-state index contributed by atoms with van der Waals surface area (Å²) in [6.07, 6.45) is 7.68. The Morgan fingerprint density at radius 3 is 2.81 bits per heavy atom. The Kier molecular flexibility index (Phi) is 4.17. The lowest BCUT2D eigenvalue weighted by Crippen LogP contribution is -2.44. The fourth-order valence-corrected chi connectivity index (χ4v) is 3.63. The van der Waals surface area contributed by atoms with Crippen LogP contribution in [0.4, 0.5) is 5.00 Å². The maximum atomic E-state index is 12.7. The molecule has 1 amide bonds. The molecule has 1 saturated carbocycles. The first-order valence-corrected chi connectivity index (χ1v) is 8.09. The van der Waals surface area contributed by atoms with Crippen molar-refractivity contribution in [1.82, 2.24) is 9.36 Å². The number of anilines is 1. The van der Waals surface area contributed by atoms with Gasteiger partial charge in [0.05, 0.1) is 5.39 Å². The first kappa shape index (κ1) is 14.4. The number of fused-ring (bicyclic) bond motifs is 1. The molecule has 0 unspecified atom stereocenters. The molecule has 0 aromatic carbocycles. The zero-order valence-corrected chi connectivity index (χ0v) is 12.9. The summed E-state index contributed by atoms with van der Waals surface area (Å²) < 4.78 is 9.90. The molecular formula is C15H19N3O2S. The van der Waals surface area contributed by atoms with Crippen LogP contribution in [0.15, 0.2) is 18.3 Å². The van der Waals surface area contributed by atoms with Crippen molar-refractivity contribution in [3.8, 4) is 0 Å². The highest BCUT2D eigenvalue weighted by molar-refractivity contribution is 7.12. The molecule has 0 spiro atoms. The van der Waals surface area contributed by atoms with Gasteiger partial charge in [0.2, 0.25) is 0 Å². The molecule has 0 atom stereocenters. The van der Waals surface area contributed by atoms with Gasteiger partial charge in [0.15, 0.2) is 5.65 Å². The van der Waals surface area contributed by atoms with Gasteiger partial charge in [-0.05, 0) is 36.5 Å². The standard InChI is InChI=1S/C15H19N3O2S/c1-20-15(8-4-2-3-5-9-15)14(19)17-13-11-7-6-10-16-12(11)18-21-13/h6-7,10H,2-5,8-9H2,1H3,(H,17,19). The number of amides is 1. The van der Waals surface area contributed by atoms with Crippen molar-refractivity contribution in [2.45, 2.75) is 44.1 Å². The maximum Gasteiger partial charge on any atom is 0.257 e. The molecule has 1 N–H and O–H groups in total. The number of hydrogen-bond donors (Lipinski definition) is 1. The number of methoxy groups -OCH3 is 1. The van der Waals surface area contributed by atoms with E-state index in [1.54, 1.807) is 13.3 Å². The average Bonchev–Trinajstić information content (AvgIpc) is 2.76. The van der Waals surface area contributed by atoms with Gasteiger partial charge in [0, 0.05) is 13.3 Å². The molecule has 1 aliphatic rings. The summed E-state index contributed by atoms with van der Waals surface area (Å²) in [7, 11) is 1.64. The lowest BCUT2D eigenvalue weighted by molar-refractivity contribution is -0.139. The number of pyridine rings is 1. The average molecular weight is 305 g/mol. The van der Waals surface area contributed by atoms with Crippen molar-refractivity contribution < 1.29 is 9.53 Å². The summed E-state index contributed by atoms with van der Waals surface area (Å²) in [4.78, 5) is 16.9. The molecule has 0 radical (unpaired) electrons. The van der Waals surface area contributed by atoms with Gasteiger partial charge in [-0.2, -0.15) is 4.37 Å². The fourth-order valence-electron chi connectivity index (χ4n) is 2.92. The zero-order valence-electron chi connectivity index (χ0n) is 12.1. The highest BCUT2D eigenvalue weighted by Crippen LogP contribution is 2.33. The Morgan fingerprint density at radius 1 is 1.33 bits per heavy atom. The number of hydrogen-bond acceptors (Lipinski definition) is 5. The van der Waals surface area contributed by atoms with Gasteiger partial charge in [-0.3, -0.25) is 4.79 Å². The molecule has 0 saturated heterocycles. The Labute approximate surface area is 127 Å². The first-order valence-electron chi connectivity index (χ1n) is 7.32. The second kappa shape index (κ2) is 6.07. The molecule has 2 aromatic rings. The lowest BCUT2D eigenvalue weighted by atomic mass is 9.93. The SMILES string of the molecule is COC1(C(=O)Nc2snc3ncccc23)CCCCCC1. The third kappa shape index (κ3) is 2.78. The van der Waals surface area contributed by atoms with Crippen molar-refractivity contribution in [1.29, 1.82) is 0 Å². The number of ether oxygens (including phenoxy) is 1. The highest BCUT2D eigenvalue weighted by Gasteiger charge is 2.39. The molecular weight excluding hydrogens is 286 g/mol. The second-order valence-corrected chi connectivity index (χ2v) is 6.23. The largest absolute Gasteiger partial charge is 0.368 e. The number of nitrogens with zero attached hydrogens (tertiary/aromatic N) is 2. The van der Waals surface area contributed by atoms with Crippen LogP contribution >= 0.6 is 11.5 Å². The van der Waals surface area contributed by atoms with E-state index in [2.05, 4.69) is 14.7 Å². The van der Waals surface area contributed by atoms with E-state index in [1.165, 1.54) is 24.4 Å². The molecule has 3 rings (SSSR count). The molecule has 5 nitrogen and oxygen atoms in total. The quantitative estimate of drug-likeness (QED) is 0.883. The predicted molar refractivity (Wildman–Crippen MR) is 83.5 cm³/mol. The summed E-state index contributed by atoms with van der Waals surface area (Å²) in [6.45, 7) is 0.